The highest BCUT2D eigenvalue weighted by molar-refractivity contribution is 5.76. The topological polar surface area (TPSA) is 43.1 Å². The van der Waals surface area contributed by atoms with Crippen LogP contribution in [0.2, 0.25) is 0 Å². The Kier molecular flexibility index (Phi) is 7.97. The summed E-state index contributed by atoms with van der Waals surface area (Å²) in [5.41, 5.74) is 6.63. The van der Waals surface area contributed by atoms with Gasteiger partial charge in [0.15, 0.2) is 0 Å². The van der Waals surface area contributed by atoms with Crippen molar-refractivity contribution in [3.63, 3.8) is 0 Å². The van der Waals surface area contributed by atoms with Crippen LogP contribution in [0, 0.1) is 23.7 Å². The Morgan fingerprint density at radius 2 is 1.67 bits per heavy atom. The number of nitrogens with two attached hydrogens (primary N) is 1. The number of primary amides is 1. The Balaban J connectivity index is 4.05. The van der Waals surface area contributed by atoms with E-state index in [1.165, 1.54) is 5.57 Å². The molecule has 1 amide bonds. The van der Waals surface area contributed by atoms with Gasteiger partial charge >= 0.3 is 0 Å². The summed E-state index contributed by atoms with van der Waals surface area (Å²) >= 11 is 0. The third-order valence-electron chi connectivity index (χ3n) is 4.47. The van der Waals surface area contributed by atoms with Gasteiger partial charge < -0.3 is 5.73 Å². The third-order valence-corrected chi connectivity index (χ3v) is 4.47. The van der Waals surface area contributed by atoms with Gasteiger partial charge in [-0.15, -0.1) is 0 Å². The van der Waals surface area contributed by atoms with Gasteiger partial charge in [-0.1, -0.05) is 59.6 Å². The second-order valence-corrected chi connectivity index (χ2v) is 5.88. The van der Waals surface area contributed by atoms with Crippen LogP contribution in [0.3, 0.4) is 0 Å². The predicted molar refractivity (Wildman–Crippen MR) is 79.1 cm³/mol. The minimum Gasteiger partial charge on any atom is -0.369 e. The summed E-state index contributed by atoms with van der Waals surface area (Å²) in [6.07, 6.45) is 4.29. The van der Waals surface area contributed by atoms with Crippen molar-refractivity contribution in [2.75, 3.05) is 0 Å². The van der Waals surface area contributed by atoms with Gasteiger partial charge in [-0.25, -0.2) is 0 Å². The molecule has 0 aliphatic rings. The van der Waals surface area contributed by atoms with E-state index in [1.807, 2.05) is 6.92 Å². The lowest BCUT2D eigenvalue weighted by molar-refractivity contribution is -0.121. The summed E-state index contributed by atoms with van der Waals surface area (Å²) in [7, 11) is 0. The van der Waals surface area contributed by atoms with Crippen molar-refractivity contribution in [1.82, 2.24) is 0 Å². The molecule has 0 saturated heterocycles. The average Bonchev–Trinajstić information content (AvgIpc) is 2.35. The standard InChI is InChI=1S/C16H31NO/c1-7-11(2)14(5)15(6)12(3)9-8-10-13(4)16(17)18/h11-13,15H,5,7-10H2,1-4,6H3,(H2,17,18). The number of hydrogen-bond donors (Lipinski definition) is 1. The van der Waals surface area contributed by atoms with Crippen molar-refractivity contribution >= 4 is 5.91 Å². The normalized spacial score (nSPS) is 17.8. The number of carbonyl (C=O) groups excluding carboxylic acids is 1. The minimum atomic E-state index is -0.181. The molecule has 0 rings (SSSR count). The maximum atomic E-state index is 11.0. The SMILES string of the molecule is C=C(C(C)CC)C(C)C(C)CCCC(C)C(N)=O. The van der Waals surface area contributed by atoms with Gasteiger partial charge in [0.05, 0.1) is 0 Å². The maximum Gasteiger partial charge on any atom is 0.220 e. The Morgan fingerprint density at radius 3 is 2.11 bits per heavy atom. The Bertz CT molecular complexity index is 272. The molecule has 0 aromatic rings. The quantitative estimate of drug-likeness (QED) is 0.616. The Morgan fingerprint density at radius 1 is 1.11 bits per heavy atom. The Hall–Kier alpha value is -0.790. The van der Waals surface area contributed by atoms with Crippen molar-refractivity contribution < 1.29 is 4.79 Å². The number of carbonyl (C=O) groups is 1. The van der Waals surface area contributed by atoms with Gasteiger partial charge in [0, 0.05) is 5.92 Å². The summed E-state index contributed by atoms with van der Waals surface area (Å²) in [6.45, 7) is 15.2. The summed E-state index contributed by atoms with van der Waals surface area (Å²) in [4.78, 5) is 11.0. The first kappa shape index (κ1) is 17.2. The van der Waals surface area contributed by atoms with E-state index in [4.69, 9.17) is 5.73 Å². The summed E-state index contributed by atoms with van der Waals surface area (Å²) in [6, 6.07) is 0. The largest absolute Gasteiger partial charge is 0.369 e. The zero-order valence-corrected chi connectivity index (χ0v) is 12.8. The van der Waals surface area contributed by atoms with Crippen LogP contribution in [-0.4, -0.2) is 5.91 Å². The van der Waals surface area contributed by atoms with E-state index >= 15 is 0 Å². The van der Waals surface area contributed by atoms with Crippen LogP contribution in [0.4, 0.5) is 0 Å². The third kappa shape index (κ3) is 5.70. The van der Waals surface area contributed by atoms with Gasteiger partial charge in [0.1, 0.15) is 0 Å². The smallest absolute Gasteiger partial charge is 0.220 e. The van der Waals surface area contributed by atoms with Crippen LogP contribution in [0.5, 0.6) is 0 Å². The first-order valence-corrected chi connectivity index (χ1v) is 7.29. The Labute approximate surface area is 113 Å². The van der Waals surface area contributed by atoms with E-state index in [1.54, 1.807) is 0 Å². The molecular formula is C16H31NO. The minimum absolute atomic E-state index is 0.00488. The van der Waals surface area contributed by atoms with Crippen molar-refractivity contribution in [2.24, 2.45) is 29.4 Å². The first-order valence-electron chi connectivity index (χ1n) is 7.29. The fraction of sp³-hybridized carbons (Fsp3) is 0.812. The first-order chi connectivity index (χ1) is 8.31. The maximum absolute atomic E-state index is 11.0. The monoisotopic (exact) mass is 253 g/mol. The van der Waals surface area contributed by atoms with Crippen molar-refractivity contribution in [2.45, 2.75) is 60.3 Å². The fourth-order valence-electron chi connectivity index (χ4n) is 2.21. The van der Waals surface area contributed by atoms with Crippen LogP contribution in [-0.2, 0) is 4.79 Å². The highest BCUT2D eigenvalue weighted by atomic mass is 16.1. The molecule has 2 nitrogen and oxygen atoms in total. The van der Waals surface area contributed by atoms with Crippen molar-refractivity contribution in [1.29, 1.82) is 0 Å². The molecule has 0 bridgehead atoms. The molecule has 18 heavy (non-hydrogen) atoms. The average molecular weight is 253 g/mol. The summed E-state index contributed by atoms with van der Waals surface area (Å²) in [5.74, 6) is 1.62. The molecule has 0 saturated carbocycles. The van der Waals surface area contributed by atoms with Crippen LogP contribution >= 0.6 is 0 Å². The number of hydrogen-bond acceptors (Lipinski definition) is 1. The van der Waals surface area contributed by atoms with Gasteiger partial charge in [0.2, 0.25) is 5.91 Å². The van der Waals surface area contributed by atoms with Gasteiger partial charge in [-0.3, -0.25) is 4.79 Å². The van der Waals surface area contributed by atoms with Crippen molar-refractivity contribution in [3.05, 3.63) is 12.2 Å². The molecule has 106 valence electrons. The highest BCUT2D eigenvalue weighted by Gasteiger charge is 2.19. The molecule has 0 spiro atoms. The van der Waals surface area contributed by atoms with Crippen LogP contribution in [0.25, 0.3) is 0 Å². The van der Waals surface area contributed by atoms with E-state index in [0.717, 1.165) is 25.7 Å². The molecule has 4 atom stereocenters. The molecule has 0 aromatic heterocycles. The molecule has 0 heterocycles. The van der Waals surface area contributed by atoms with Crippen LogP contribution < -0.4 is 5.73 Å². The lowest BCUT2D eigenvalue weighted by Gasteiger charge is -2.26. The molecule has 2 N–H and O–H groups in total. The van der Waals surface area contributed by atoms with Gasteiger partial charge in [-0.05, 0) is 30.6 Å². The van der Waals surface area contributed by atoms with Crippen molar-refractivity contribution in [3.8, 4) is 0 Å². The van der Waals surface area contributed by atoms with E-state index in [-0.39, 0.29) is 11.8 Å². The van der Waals surface area contributed by atoms with Gasteiger partial charge in [0.25, 0.3) is 0 Å². The van der Waals surface area contributed by atoms with Gasteiger partial charge in [-0.2, -0.15) is 0 Å². The van der Waals surface area contributed by atoms with E-state index in [9.17, 15) is 4.79 Å². The van der Waals surface area contributed by atoms with E-state index in [0.29, 0.717) is 17.8 Å². The summed E-state index contributed by atoms with van der Waals surface area (Å²) in [5, 5.41) is 0. The number of rotatable bonds is 9. The fourth-order valence-corrected chi connectivity index (χ4v) is 2.21. The van der Waals surface area contributed by atoms with Crippen LogP contribution in [0.15, 0.2) is 12.2 Å². The van der Waals surface area contributed by atoms with E-state index in [2.05, 4.69) is 34.3 Å². The van der Waals surface area contributed by atoms with E-state index < -0.39 is 0 Å². The van der Waals surface area contributed by atoms with Crippen LogP contribution in [0.1, 0.15) is 60.3 Å². The lowest BCUT2D eigenvalue weighted by Crippen LogP contribution is -2.21. The molecule has 0 aliphatic heterocycles. The highest BCUT2D eigenvalue weighted by Crippen LogP contribution is 2.29. The second-order valence-electron chi connectivity index (χ2n) is 5.88. The second kappa shape index (κ2) is 8.34. The number of allylic oxidation sites excluding steroid dienone is 1. The molecule has 0 aromatic carbocycles. The lowest BCUT2D eigenvalue weighted by atomic mass is 9.80. The zero-order chi connectivity index (χ0) is 14.3. The number of amides is 1. The molecule has 0 aliphatic carbocycles. The zero-order valence-electron chi connectivity index (χ0n) is 12.8. The summed E-state index contributed by atoms with van der Waals surface area (Å²) < 4.78 is 0. The molecule has 4 unspecified atom stereocenters. The predicted octanol–water partition coefficient (Wildman–Crippen LogP) is 4.15. The molecule has 0 fully saturated rings. The molecule has 0 radical (unpaired) electrons. The molecular weight excluding hydrogens is 222 g/mol. The molecule has 2 heteroatoms.